The second-order valence-corrected chi connectivity index (χ2v) is 16.9. The predicted molar refractivity (Wildman–Crippen MR) is 220 cm³/mol. The van der Waals surface area contributed by atoms with Crippen molar-refractivity contribution in [2.24, 2.45) is 5.92 Å². The van der Waals surface area contributed by atoms with Gasteiger partial charge in [-0.2, -0.15) is 0 Å². The molecular formula is C45H89KO4S. The first kappa shape index (κ1) is 54.3. The van der Waals surface area contributed by atoms with Crippen LogP contribution in [0.2, 0.25) is 0 Å². The molecule has 0 heterocycles. The monoisotopic (exact) mass is 765 g/mol. The van der Waals surface area contributed by atoms with E-state index in [-0.39, 0.29) is 63.9 Å². The molecule has 300 valence electrons. The van der Waals surface area contributed by atoms with Gasteiger partial charge in [-0.05, 0) is 19.3 Å². The van der Waals surface area contributed by atoms with Crippen LogP contribution in [0, 0.1) is 5.92 Å². The molecular weight excluding hydrogens is 676 g/mol. The van der Waals surface area contributed by atoms with Gasteiger partial charge in [0.1, 0.15) is 0 Å². The molecule has 0 radical (unpaired) electrons. The first-order chi connectivity index (χ1) is 24.5. The van der Waals surface area contributed by atoms with E-state index in [1.54, 1.807) is 0 Å². The van der Waals surface area contributed by atoms with Gasteiger partial charge in [-0.3, -0.25) is 4.18 Å². The minimum absolute atomic E-state index is 0. The number of allylic oxidation sites excluding steroid dienone is 1. The van der Waals surface area contributed by atoms with Crippen LogP contribution in [0.15, 0.2) is 12.2 Å². The van der Waals surface area contributed by atoms with Crippen molar-refractivity contribution in [3.63, 3.8) is 0 Å². The third kappa shape index (κ3) is 49.2. The zero-order chi connectivity index (χ0) is 36.5. The van der Waals surface area contributed by atoms with Crippen LogP contribution in [0.25, 0.3) is 0 Å². The molecule has 4 nitrogen and oxygen atoms in total. The Morgan fingerprint density at radius 1 is 0.431 bits per heavy atom. The van der Waals surface area contributed by atoms with Crippen LogP contribution in [-0.2, 0) is 14.6 Å². The van der Waals surface area contributed by atoms with Gasteiger partial charge in [0.25, 0.3) is 0 Å². The normalized spacial score (nSPS) is 12.5. The maximum atomic E-state index is 11.0. The van der Waals surface area contributed by atoms with E-state index < -0.39 is 10.4 Å². The number of unbranched alkanes of at least 4 members (excludes halogenated alkanes) is 36. The molecule has 0 saturated heterocycles. The standard InChI is InChI=1S/C45H90O4S.K/c1-3-5-7-9-11-13-15-17-19-20-21-22-23-24-25-26-27-28-29-31-33-35-37-39-41-43-45(44-49-50(46,47)48)42-40-38-36-34-32-30-18-16-14-12-10-8-6-4-2;/h40,42,45H,3-39,41,43-44H2,1-2H3,(H,46,47,48);/q;+1/p-1/b42-40+;. The molecule has 0 fully saturated rings. The van der Waals surface area contributed by atoms with Crippen molar-refractivity contribution in [1.82, 2.24) is 0 Å². The van der Waals surface area contributed by atoms with Crippen LogP contribution in [0.1, 0.15) is 264 Å². The maximum Gasteiger partial charge on any atom is 1.00 e. The summed E-state index contributed by atoms with van der Waals surface area (Å²) in [5, 5.41) is 0. The van der Waals surface area contributed by atoms with Gasteiger partial charge in [-0.15, -0.1) is 0 Å². The quantitative estimate of drug-likeness (QED) is 0.0204. The minimum Gasteiger partial charge on any atom is -0.726 e. The van der Waals surface area contributed by atoms with Crippen LogP contribution in [-0.4, -0.2) is 19.6 Å². The maximum absolute atomic E-state index is 11.0. The van der Waals surface area contributed by atoms with Crippen molar-refractivity contribution in [2.45, 2.75) is 264 Å². The summed E-state index contributed by atoms with van der Waals surface area (Å²) in [6.45, 7) is 4.56. The van der Waals surface area contributed by atoms with Crippen LogP contribution < -0.4 is 51.4 Å². The van der Waals surface area contributed by atoms with E-state index in [0.717, 1.165) is 19.3 Å². The van der Waals surface area contributed by atoms with Crippen molar-refractivity contribution < 1.29 is 68.5 Å². The minimum atomic E-state index is -4.63. The molecule has 0 N–H and O–H groups in total. The van der Waals surface area contributed by atoms with Crippen molar-refractivity contribution in [3.05, 3.63) is 12.2 Å². The summed E-state index contributed by atoms with van der Waals surface area (Å²) >= 11 is 0. The Morgan fingerprint density at radius 3 is 0.961 bits per heavy atom. The van der Waals surface area contributed by atoms with Gasteiger partial charge in [0.05, 0.1) is 6.61 Å². The summed E-state index contributed by atoms with van der Waals surface area (Å²) in [6.07, 6.45) is 57.1. The molecule has 0 rings (SSSR count). The van der Waals surface area contributed by atoms with E-state index in [2.05, 4.69) is 30.2 Å². The number of hydrogen-bond acceptors (Lipinski definition) is 4. The molecule has 0 aromatic carbocycles. The van der Waals surface area contributed by atoms with E-state index in [4.69, 9.17) is 0 Å². The SMILES string of the molecule is CCCCCCCCCCCCCC/C=C/C(CCCCCCCCCCCCCCCCCCCCCCCCCCC)COS(=O)(=O)[O-].[K+]. The summed E-state index contributed by atoms with van der Waals surface area (Å²) in [5.41, 5.74) is 0. The predicted octanol–water partition coefficient (Wildman–Crippen LogP) is 12.9. The Kier molecular flexibility index (Phi) is 48.6. The van der Waals surface area contributed by atoms with Crippen LogP contribution in [0.5, 0.6) is 0 Å². The molecule has 1 atom stereocenters. The van der Waals surface area contributed by atoms with Gasteiger partial charge in [0.2, 0.25) is 10.4 Å². The smallest absolute Gasteiger partial charge is 0.726 e. The Morgan fingerprint density at radius 2 is 0.686 bits per heavy atom. The molecule has 6 heteroatoms. The fourth-order valence-electron chi connectivity index (χ4n) is 7.34. The summed E-state index contributed by atoms with van der Waals surface area (Å²) in [5.74, 6) is 0.0144. The first-order valence-electron chi connectivity index (χ1n) is 22.8. The Balaban J connectivity index is 0. The van der Waals surface area contributed by atoms with E-state index in [0.29, 0.717) is 0 Å². The van der Waals surface area contributed by atoms with Gasteiger partial charge in [-0.1, -0.05) is 257 Å². The van der Waals surface area contributed by atoms with Crippen LogP contribution >= 0.6 is 0 Å². The molecule has 0 spiro atoms. The van der Waals surface area contributed by atoms with E-state index in [9.17, 15) is 13.0 Å². The average Bonchev–Trinajstić information content (AvgIpc) is 3.10. The van der Waals surface area contributed by atoms with E-state index in [1.165, 1.54) is 231 Å². The second kappa shape index (κ2) is 45.6. The van der Waals surface area contributed by atoms with E-state index >= 15 is 0 Å². The molecule has 0 aliphatic rings. The van der Waals surface area contributed by atoms with Crippen molar-refractivity contribution in [3.8, 4) is 0 Å². The molecule has 0 aromatic heterocycles. The Bertz CT molecular complexity index is 772. The van der Waals surface area contributed by atoms with Crippen molar-refractivity contribution in [1.29, 1.82) is 0 Å². The molecule has 0 aliphatic carbocycles. The van der Waals surface area contributed by atoms with Gasteiger partial charge in [0.15, 0.2) is 0 Å². The Hall–Kier alpha value is 1.25. The van der Waals surface area contributed by atoms with Crippen LogP contribution in [0.3, 0.4) is 0 Å². The first-order valence-corrected chi connectivity index (χ1v) is 24.1. The molecule has 51 heavy (non-hydrogen) atoms. The number of hydrogen-bond donors (Lipinski definition) is 0. The fourth-order valence-corrected chi connectivity index (χ4v) is 7.68. The van der Waals surface area contributed by atoms with Gasteiger partial charge in [-0.25, -0.2) is 8.42 Å². The van der Waals surface area contributed by atoms with Crippen molar-refractivity contribution in [2.75, 3.05) is 6.61 Å². The summed E-state index contributed by atoms with van der Waals surface area (Å²) in [4.78, 5) is 0. The zero-order valence-corrected chi connectivity index (χ0v) is 39.0. The molecule has 0 bridgehead atoms. The fraction of sp³-hybridized carbons (Fsp3) is 0.956. The van der Waals surface area contributed by atoms with E-state index in [1.807, 2.05) is 0 Å². The molecule has 0 aliphatic heterocycles. The second-order valence-electron chi connectivity index (χ2n) is 15.8. The summed E-state index contributed by atoms with van der Waals surface area (Å²) < 4.78 is 37.7. The zero-order valence-electron chi connectivity index (χ0n) is 35.1. The largest absolute Gasteiger partial charge is 1.00 e. The molecule has 0 amide bonds. The molecule has 1 unspecified atom stereocenters. The van der Waals surface area contributed by atoms with Crippen molar-refractivity contribution >= 4 is 10.4 Å². The molecule has 0 saturated carbocycles. The summed E-state index contributed by atoms with van der Waals surface area (Å²) in [7, 11) is -4.63. The van der Waals surface area contributed by atoms with Gasteiger partial charge in [0, 0.05) is 5.92 Å². The van der Waals surface area contributed by atoms with Gasteiger partial charge < -0.3 is 4.55 Å². The Labute approximate surface area is 364 Å². The van der Waals surface area contributed by atoms with Gasteiger partial charge >= 0.3 is 51.4 Å². The van der Waals surface area contributed by atoms with Crippen LogP contribution in [0.4, 0.5) is 0 Å². The number of rotatable bonds is 43. The topological polar surface area (TPSA) is 66.4 Å². The average molecular weight is 765 g/mol. The summed E-state index contributed by atoms with van der Waals surface area (Å²) in [6, 6.07) is 0. The third-order valence-electron chi connectivity index (χ3n) is 10.7. The molecule has 0 aromatic rings. The third-order valence-corrected chi connectivity index (χ3v) is 11.2.